The first-order valence-corrected chi connectivity index (χ1v) is 6.48. The number of nitrogens with one attached hydrogen (secondary N) is 1. The lowest BCUT2D eigenvalue weighted by Gasteiger charge is -2.07. The summed E-state index contributed by atoms with van der Waals surface area (Å²) in [4.78, 5) is 22.3. The molecule has 0 saturated carbocycles. The second-order valence-electron chi connectivity index (χ2n) is 4.11. The van der Waals surface area contributed by atoms with Gasteiger partial charge in [0.2, 0.25) is 0 Å². The number of anilines is 2. The number of nitro benzene ring substituents is 1. The quantitative estimate of drug-likeness (QED) is 0.502. The number of nitro groups is 1. The highest BCUT2D eigenvalue weighted by molar-refractivity contribution is 9.10. The molecule has 0 bridgehead atoms. The van der Waals surface area contributed by atoms with Gasteiger partial charge in [-0.25, -0.2) is 4.39 Å². The van der Waals surface area contributed by atoms with Gasteiger partial charge in [-0.1, -0.05) is 15.9 Å². The molecule has 2 rings (SSSR count). The molecule has 3 N–H and O–H groups in total. The Hall–Kier alpha value is -2.48. The molecule has 108 valence electrons. The number of nitrogens with zero attached hydrogens (tertiary/aromatic N) is 1. The Labute approximate surface area is 127 Å². The molecular formula is C13H9BrFN3O3. The lowest BCUT2D eigenvalue weighted by molar-refractivity contribution is -0.384. The van der Waals surface area contributed by atoms with Gasteiger partial charge in [0.25, 0.3) is 11.6 Å². The highest BCUT2D eigenvalue weighted by atomic mass is 79.9. The van der Waals surface area contributed by atoms with Crippen molar-refractivity contribution in [3.05, 3.63) is 62.4 Å². The Kier molecular flexibility index (Phi) is 4.18. The maximum Gasteiger partial charge on any atom is 0.293 e. The van der Waals surface area contributed by atoms with Crippen molar-refractivity contribution in [3.63, 3.8) is 0 Å². The van der Waals surface area contributed by atoms with Gasteiger partial charge in [-0.3, -0.25) is 14.9 Å². The standard InChI is InChI=1S/C13H9BrFN3O3/c14-8-2-4-11(12(6-8)18(20)21)17-13(19)7-1-3-10(16)9(15)5-7/h1-6H,16H2,(H,17,19). The summed E-state index contributed by atoms with van der Waals surface area (Å²) in [6.07, 6.45) is 0. The molecule has 0 fully saturated rings. The molecule has 2 aromatic rings. The Balaban J connectivity index is 2.31. The van der Waals surface area contributed by atoms with Crippen LogP contribution in [-0.2, 0) is 0 Å². The number of benzene rings is 2. The Morgan fingerprint density at radius 2 is 2.00 bits per heavy atom. The van der Waals surface area contributed by atoms with E-state index in [0.29, 0.717) is 4.47 Å². The topological polar surface area (TPSA) is 98.3 Å². The highest BCUT2D eigenvalue weighted by Crippen LogP contribution is 2.28. The van der Waals surface area contributed by atoms with Crippen molar-refractivity contribution in [2.75, 3.05) is 11.1 Å². The SMILES string of the molecule is Nc1ccc(C(=O)Nc2ccc(Br)cc2[N+](=O)[O-])cc1F. The molecule has 21 heavy (non-hydrogen) atoms. The Morgan fingerprint density at radius 1 is 1.29 bits per heavy atom. The van der Waals surface area contributed by atoms with Gasteiger partial charge in [0, 0.05) is 16.1 Å². The molecule has 0 heterocycles. The third kappa shape index (κ3) is 3.34. The van der Waals surface area contributed by atoms with Crippen LogP contribution in [0.3, 0.4) is 0 Å². The van der Waals surface area contributed by atoms with E-state index in [1.807, 2.05) is 0 Å². The van der Waals surface area contributed by atoms with Crippen molar-refractivity contribution in [1.82, 2.24) is 0 Å². The average Bonchev–Trinajstić information content (AvgIpc) is 2.43. The second kappa shape index (κ2) is 5.88. The third-order valence-electron chi connectivity index (χ3n) is 2.67. The van der Waals surface area contributed by atoms with E-state index < -0.39 is 16.6 Å². The van der Waals surface area contributed by atoms with Crippen LogP contribution in [0.2, 0.25) is 0 Å². The van der Waals surface area contributed by atoms with Gasteiger partial charge in [-0.2, -0.15) is 0 Å². The summed E-state index contributed by atoms with van der Waals surface area (Å²) in [5.41, 5.74) is 5.00. The maximum atomic E-state index is 13.3. The minimum Gasteiger partial charge on any atom is -0.396 e. The van der Waals surface area contributed by atoms with Gasteiger partial charge in [0.1, 0.15) is 11.5 Å². The molecule has 0 radical (unpaired) electrons. The van der Waals surface area contributed by atoms with Crippen LogP contribution < -0.4 is 11.1 Å². The van der Waals surface area contributed by atoms with Crippen LogP contribution >= 0.6 is 15.9 Å². The van der Waals surface area contributed by atoms with Crippen molar-refractivity contribution in [2.45, 2.75) is 0 Å². The zero-order chi connectivity index (χ0) is 15.6. The van der Waals surface area contributed by atoms with Gasteiger partial charge in [-0.05, 0) is 30.3 Å². The van der Waals surface area contributed by atoms with E-state index in [9.17, 15) is 19.3 Å². The largest absolute Gasteiger partial charge is 0.396 e. The molecule has 0 aliphatic rings. The molecule has 0 aliphatic heterocycles. The van der Waals surface area contributed by atoms with Crippen molar-refractivity contribution in [2.24, 2.45) is 0 Å². The van der Waals surface area contributed by atoms with Crippen LogP contribution in [-0.4, -0.2) is 10.8 Å². The fraction of sp³-hybridized carbons (Fsp3) is 0. The average molecular weight is 354 g/mol. The van der Waals surface area contributed by atoms with Crippen LogP contribution in [0, 0.1) is 15.9 Å². The molecule has 2 aromatic carbocycles. The summed E-state index contributed by atoms with van der Waals surface area (Å²) in [6, 6.07) is 7.74. The van der Waals surface area contributed by atoms with Crippen molar-refractivity contribution in [1.29, 1.82) is 0 Å². The molecule has 8 heteroatoms. The number of amides is 1. The smallest absolute Gasteiger partial charge is 0.293 e. The lowest BCUT2D eigenvalue weighted by atomic mass is 10.1. The first kappa shape index (κ1) is 14.9. The number of nitrogen functional groups attached to an aromatic ring is 1. The molecule has 0 aromatic heterocycles. The minimum absolute atomic E-state index is 0.0129. The monoisotopic (exact) mass is 353 g/mol. The molecule has 1 amide bonds. The van der Waals surface area contributed by atoms with E-state index in [0.717, 1.165) is 6.07 Å². The molecular weight excluding hydrogens is 345 g/mol. The van der Waals surface area contributed by atoms with Gasteiger partial charge in [0.05, 0.1) is 10.6 Å². The summed E-state index contributed by atoms with van der Waals surface area (Å²) in [5.74, 6) is -1.40. The predicted molar refractivity (Wildman–Crippen MR) is 79.6 cm³/mol. The van der Waals surface area contributed by atoms with Crippen LogP contribution in [0.15, 0.2) is 40.9 Å². The summed E-state index contributed by atoms with van der Waals surface area (Å²) in [7, 11) is 0. The number of nitrogens with two attached hydrogens (primary N) is 1. The van der Waals surface area contributed by atoms with E-state index in [1.165, 1.54) is 24.3 Å². The Morgan fingerprint density at radius 3 is 2.62 bits per heavy atom. The molecule has 0 spiro atoms. The third-order valence-corrected chi connectivity index (χ3v) is 3.16. The predicted octanol–water partition coefficient (Wildman–Crippen LogP) is 3.33. The highest BCUT2D eigenvalue weighted by Gasteiger charge is 2.17. The first-order chi connectivity index (χ1) is 9.88. The van der Waals surface area contributed by atoms with Crippen molar-refractivity contribution < 1.29 is 14.1 Å². The van der Waals surface area contributed by atoms with E-state index >= 15 is 0 Å². The number of hydrogen-bond acceptors (Lipinski definition) is 4. The summed E-state index contributed by atoms with van der Waals surface area (Å²) < 4.78 is 13.8. The van der Waals surface area contributed by atoms with E-state index in [2.05, 4.69) is 21.2 Å². The lowest BCUT2D eigenvalue weighted by Crippen LogP contribution is -2.13. The second-order valence-corrected chi connectivity index (χ2v) is 5.02. The summed E-state index contributed by atoms with van der Waals surface area (Å²) in [6.45, 7) is 0. The van der Waals surface area contributed by atoms with Gasteiger partial charge >= 0.3 is 0 Å². The van der Waals surface area contributed by atoms with Crippen LogP contribution in [0.4, 0.5) is 21.5 Å². The molecule has 0 unspecified atom stereocenters. The zero-order valence-corrected chi connectivity index (χ0v) is 12.1. The fourth-order valence-electron chi connectivity index (χ4n) is 1.62. The van der Waals surface area contributed by atoms with Crippen LogP contribution in [0.1, 0.15) is 10.4 Å². The number of rotatable bonds is 3. The summed E-state index contributed by atoms with van der Waals surface area (Å²) >= 11 is 3.11. The molecule has 0 saturated heterocycles. The van der Waals surface area contributed by atoms with Gasteiger partial charge in [-0.15, -0.1) is 0 Å². The van der Waals surface area contributed by atoms with Crippen LogP contribution in [0.25, 0.3) is 0 Å². The fourth-order valence-corrected chi connectivity index (χ4v) is 1.97. The molecule has 0 atom stereocenters. The number of halogens is 2. The molecule has 6 nitrogen and oxygen atoms in total. The number of carbonyl (C=O) groups excluding carboxylic acids is 1. The van der Waals surface area contributed by atoms with Gasteiger partial charge < -0.3 is 11.1 Å². The molecule has 0 aliphatic carbocycles. The first-order valence-electron chi connectivity index (χ1n) is 5.69. The van der Waals surface area contributed by atoms with Crippen molar-refractivity contribution in [3.8, 4) is 0 Å². The normalized spacial score (nSPS) is 10.2. The minimum atomic E-state index is -0.729. The van der Waals surface area contributed by atoms with E-state index in [-0.39, 0.29) is 22.6 Å². The van der Waals surface area contributed by atoms with E-state index in [1.54, 1.807) is 6.07 Å². The van der Waals surface area contributed by atoms with E-state index in [4.69, 9.17) is 5.73 Å². The Bertz CT molecular complexity index is 737. The zero-order valence-electron chi connectivity index (χ0n) is 10.5. The van der Waals surface area contributed by atoms with Gasteiger partial charge in [0.15, 0.2) is 0 Å². The maximum absolute atomic E-state index is 13.3. The van der Waals surface area contributed by atoms with Crippen LogP contribution in [0.5, 0.6) is 0 Å². The number of hydrogen-bond donors (Lipinski definition) is 2. The number of carbonyl (C=O) groups is 1. The summed E-state index contributed by atoms with van der Waals surface area (Å²) in [5, 5.41) is 13.3. The van der Waals surface area contributed by atoms with Crippen molar-refractivity contribution >= 4 is 38.9 Å².